The molecule has 0 bridgehead atoms. The summed E-state index contributed by atoms with van der Waals surface area (Å²) in [4.78, 5) is 35.6. The zero-order valence-corrected chi connectivity index (χ0v) is 18.5. The number of H-pyrrole nitrogens is 1. The number of carbonyl (C=O) groups is 2. The highest BCUT2D eigenvalue weighted by Gasteiger charge is 2.39. The highest BCUT2D eigenvalue weighted by atomic mass is 16.6. The van der Waals surface area contributed by atoms with Crippen molar-refractivity contribution < 1.29 is 14.3 Å². The quantitative estimate of drug-likeness (QED) is 0.741. The van der Waals surface area contributed by atoms with Gasteiger partial charge in [-0.25, -0.2) is 9.78 Å². The van der Waals surface area contributed by atoms with Gasteiger partial charge in [-0.2, -0.15) is 0 Å². The molecule has 2 N–H and O–H groups in total. The van der Waals surface area contributed by atoms with Gasteiger partial charge in [-0.1, -0.05) is 38.5 Å². The Kier molecular flexibility index (Phi) is 6.48. The molecule has 0 fully saturated rings. The number of hydrogen-bond acceptors (Lipinski definition) is 4. The number of aromatic nitrogens is 2. The Hall–Kier alpha value is -2.83. The number of benzene rings is 1. The number of anilines is 1. The highest BCUT2D eigenvalue weighted by Crippen LogP contribution is 2.40. The Morgan fingerprint density at radius 2 is 2.03 bits per heavy atom. The van der Waals surface area contributed by atoms with Gasteiger partial charge in [-0.05, 0) is 45.2 Å². The van der Waals surface area contributed by atoms with Crippen LogP contribution in [-0.4, -0.2) is 33.6 Å². The summed E-state index contributed by atoms with van der Waals surface area (Å²) in [6.45, 7) is 9.39. The molecular weight excluding hydrogens is 380 g/mol. The summed E-state index contributed by atoms with van der Waals surface area (Å²) in [6, 6.07) is 6.98. The highest BCUT2D eigenvalue weighted by molar-refractivity contribution is 6.01. The molecule has 162 valence electrons. The number of alkyl carbamates (subject to hydrolysis) is 1. The summed E-state index contributed by atoms with van der Waals surface area (Å²) in [6.07, 6.45) is 4.34. The molecule has 1 aliphatic rings. The third-order valence-electron chi connectivity index (χ3n) is 5.09. The molecule has 2 heterocycles. The van der Waals surface area contributed by atoms with Crippen molar-refractivity contribution in [2.45, 2.75) is 78.0 Å². The largest absolute Gasteiger partial charge is 0.444 e. The van der Waals surface area contributed by atoms with E-state index in [9.17, 15) is 9.59 Å². The first kappa shape index (κ1) is 21.9. The van der Waals surface area contributed by atoms with Crippen LogP contribution < -0.4 is 10.2 Å². The van der Waals surface area contributed by atoms with E-state index >= 15 is 0 Å². The van der Waals surface area contributed by atoms with Crippen molar-refractivity contribution in [1.82, 2.24) is 15.3 Å². The van der Waals surface area contributed by atoms with E-state index in [-0.39, 0.29) is 11.9 Å². The van der Waals surface area contributed by atoms with Crippen molar-refractivity contribution in [3.05, 3.63) is 47.5 Å². The molecule has 7 nitrogen and oxygen atoms in total. The fourth-order valence-electron chi connectivity index (χ4n) is 3.78. The lowest BCUT2D eigenvalue weighted by Gasteiger charge is -2.29. The van der Waals surface area contributed by atoms with E-state index in [4.69, 9.17) is 4.74 Å². The summed E-state index contributed by atoms with van der Waals surface area (Å²) in [5.41, 5.74) is 2.40. The molecule has 30 heavy (non-hydrogen) atoms. The van der Waals surface area contributed by atoms with Gasteiger partial charge in [0.1, 0.15) is 17.5 Å². The fourth-order valence-corrected chi connectivity index (χ4v) is 3.78. The molecule has 7 heteroatoms. The Morgan fingerprint density at radius 1 is 1.30 bits per heavy atom. The Bertz CT molecular complexity index is 900. The Morgan fingerprint density at radius 3 is 2.70 bits per heavy atom. The first-order chi connectivity index (χ1) is 14.2. The average molecular weight is 413 g/mol. The van der Waals surface area contributed by atoms with E-state index in [1.165, 1.54) is 0 Å². The number of aryl methyl sites for hydroxylation is 1. The van der Waals surface area contributed by atoms with E-state index in [2.05, 4.69) is 22.2 Å². The minimum Gasteiger partial charge on any atom is -0.444 e. The fraction of sp³-hybridized carbons (Fsp3) is 0.522. The summed E-state index contributed by atoms with van der Waals surface area (Å²) in [7, 11) is 0. The Labute approximate surface area is 178 Å². The smallest absolute Gasteiger partial charge is 0.408 e. The van der Waals surface area contributed by atoms with Crippen molar-refractivity contribution in [2.75, 3.05) is 4.90 Å². The molecule has 0 saturated carbocycles. The van der Waals surface area contributed by atoms with Crippen LogP contribution in [0.1, 0.15) is 70.6 Å². The number of fused-ring (bicyclic) bond motifs is 1. The number of ether oxygens (including phenoxy) is 1. The number of aromatic amines is 1. The third-order valence-corrected chi connectivity index (χ3v) is 5.09. The summed E-state index contributed by atoms with van der Waals surface area (Å²) in [5.74, 6) is 0.613. The van der Waals surface area contributed by atoms with Crippen LogP contribution in [0.3, 0.4) is 0 Å². The summed E-state index contributed by atoms with van der Waals surface area (Å²) < 4.78 is 5.35. The third kappa shape index (κ3) is 4.83. The molecule has 2 amide bonds. The minimum absolute atomic E-state index is 0.160. The first-order valence-electron chi connectivity index (χ1n) is 10.7. The van der Waals surface area contributed by atoms with Gasteiger partial charge in [-0.15, -0.1) is 0 Å². The van der Waals surface area contributed by atoms with Crippen molar-refractivity contribution in [3.8, 4) is 0 Å². The van der Waals surface area contributed by atoms with Gasteiger partial charge in [0.05, 0.1) is 6.04 Å². The van der Waals surface area contributed by atoms with Crippen molar-refractivity contribution in [2.24, 2.45) is 0 Å². The number of hydrogen-bond donors (Lipinski definition) is 2. The number of nitrogens with zero attached hydrogens (tertiary/aromatic N) is 2. The van der Waals surface area contributed by atoms with Crippen LogP contribution >= 0.6 is 0 Å². The second kappa shape index (κ2) is 8.90. The number of para-hydroxylation sites is 1. The maximum Gasteiger partial charge on any atom is 0.408 e. The number of nitrogens with one attached hydrogen (secondary N) is 2. The zero-order valence-electron chi connectivity index (χ0n) is 18.5. The van der Waals surface area contributed by atoms with Gasteiger partial charge in [0, 0.05) is 24.0 Å². The molecule has 3 rings (SSSR count). The molecule has 1 aromatic heterocycles. The molecule has 2 atom stereocenters. The molecule has 0 aliphatic carbocycles. The van der Waals surface area contributed by atoms with Gasteiger partial charge in [-0.3, -0.25) is 9.69 Å². The number of amides is 2. The number of imidazole rings is 1. The van der Waals surface area contributed by atoms with E-state index in [1.807, 2.05) is 37.4 Å². The van der Waals surface area contributed by atoms with E-state index < -0.39 is 17.7 Å². The topological polar surface area (TPSA) is 87.3 Å². The molecule has 1 aliphatic heterocycles. The molecule has 2 aromatic rings. The van der Waals surface area contributed by atoms with Gasteiger partial charge in [0.15, 0.2) is 0 Å². The number of rotatable bonds is 6. The predicted molar refractivity (Wildman–Crippen MR) is 116 cm³/mol. The minimum atomic E-state index is -0.682. The van der Waals surface area contributed by atoms with Crippen LogP contribution in [0, 0.1) is 0 Å². The molecule has 0 saturated heterocycles. The second-order valence-corrected chi connectivity index (χ2v) is 8.71. The summed E-state index contributed by atoms with van der Waals surface area (Å²) >= 11 is 0. The van der Waals surface area contributed by atoms with Gasteiger partial charge < -0.3 is 15.0 Å². The molecule has 0 radical (unpaired) electrons. The molecule has 0 spiro atoms. The van der Waals surface area contributed by atoms with Crippen molar-refractivity contribution in [3.63, 3.8) is 0 Å². The molecule has 0 unspecified atom stereocenters. The van der Waals surface area contributed by atoms with E-state index in [0.29, 0.717) is 12.8 Å². The SMILES string of the molecule is CCCc1cnc([C@@H]2Cc3ccccc3N2C(=O)[C@H](CC)NC(=O)OC(C)(C)C)[nH]1. The van der Waals surface area contributed by atoms with E-state index in [1.54, 1.807) is 25.7 Å². The lowest BCUT2D eigenvalue weighted by atomic mass is 10.1. The Balaban J connectivity index is 1.87. The van der Waals surface area contributed by atoms with Crippen molar-refractivity contribution in [1.29, 1.82) is 0 Å². The van der Waals surface area contributed by atoms with Crippen LogP contribution in [0.5, 0.6) is 0 Å². The van der Waals surface area contributed by atoms with Gasteiger partial charge >= 0.3 is 6.09 Å². The van der Waals surface area contributed by atoms with Crippen LogP contribution in [-0.2, 0) is 22.4 Å². The standard InChI is InChI=1S/C23H32N4O3/c1-6-10-16-14-24-20(25-16)19-13-15-11-8-9-12-18(15)27(19)21(28)17(7-2)26-22(29)30-23(3,4)5/h8-9,11-12,14,17,19H,6-7,10,13H2,1-5H3,(H,24,25)(H,26,29)/t17-,19-/m0/s1. The van der Waals surface area contributed by atoms with Crippen LogP contribution in [0.25, 0.3) is 0 Å². The molecular formula is C23H32N4O3. The van der Waals surface area contributed by atoms with Crippen molar-refractivity contribution >= 4 is 17.7 Å². The summed E-state index contributed by atoms with van der Waals surface area (Å²) in [5, 5.41) is 2.75. The number of carbonyl (C=O) groups excluding carboxylic acids is 2. The average Bonchev–Trinajstić information content (AvgIpc) is 3.28. The van der Waals surface area contributed by atoms with Crippen LogP contribution in [0.15, 0.2) is 30.5 Å². The van der Waals surface area contributed by atoms with Gasteiger partial charge in [0.2, 0.25) is 5.91 Å². The molecule has 1 aromatic carbocycles. The first-order valence-corrected chi connectivity index (χ1v) is 10.7. The van der Waals surface area contributed by atoms with Gasteiger partial charge in [0.25, 0.3) is 0 Å². The maximum absolute atomic E-state index is 13.6. The van der Waals surface area contributed by atoms with Crippen LogP contribution in [0.4, 0.5) is 10.5 Å². The maximum atomic E-state index is 13.6. The van der Waals surface area contributed by atoms with E-state index in [0.717, 1.165) is 35.6 Å². The predicted octanol–water partition coefficient (Wildman–Crippen LogP) is 4.30. The monoisotopic (exact) mass is 412 g/mol. The lowest BCUT2D eigenvalue weighted by Crippen LogP contribution is -2.50. The lowest BCUT2D eigenvalue weighted by molar-refractivity contribution is -0.121. The zero-order chi connectivity index (χ0) is 21.9. The van der Waals surface area contributed by atoms with Crippen LogP contribution in [0.2, 0.25) is 0 Å². The second-order valence-electron chi connectivity index (χ2n) is 8.71. The normalized spacial score (nSPS) is 16.8.